The van der Waals surface area contributed by atoms with Crippen LogP contribution in [0.4, 0.5) is 0 Å². The van der Waals surface area contributed by atoms with Gasteiger partial charge in [0.1, 0.15) is 5.69 Å². The molecule has 0 radical (unpaired) electrons. The summed E-state index contributed by atoms with van der Waals surface area (Å²) in [4.78, 5) is 16.9. The van der Waals surface area contributed by atoms with E-state index in [2.05, 4.69) is 21.3 Å². The molecule has 0 aliphatic carbocycles. The van der Waals surface area contributed by atoms with Crippen molar-refractivity contribution < 1.29 is 4.79 Å². The first-order chi connectivity index (χ1) is 13.1. The zero-order chi connectivity index (χ0) is 18.8. The molecule has 0 fully saturated rings. The largest absolute Gasteiger partial charge is 0.332 e. The number of para-hydroxylation sites is 1. The molecule has 2 heterocycles. The number of fused-ring (bicyclic) bond motifs is 1. The van der Waals surface area contributed by atoms with Gasteiger partial charge in [0.05, 0.1) is 17.9 Å². The van der Waals surface area contributed by atoms with Crippen molar-refractivity contribution in [2.45, 2.75) is 19.5 Å². The van der Waals surface area contributed by atoms with Crippen molar-refractivity contribution in [1.82, 2.24) is 24.8 Å². The molecule has 1 aromatic heterocycles. The summed E-state index contributed by atoms with van der Waals surface area (Å²) in [5, 5.41) is 8.63. The van der Waals surface area contributed by atoms with Crippen LogP contribution >= 0.6 is 0 Å². The number of aromatic nitrogens is 3. The summed E-state index contributed by atoms with van der Waals surface area (Å²) in [5.74, 6) is 0.0514. The fourth-order valence-electron chi connectivity index (χ4n) is 3.51. The van der Waals surface area contributed by atoms with Crippen LogP contribution in [0.25, 0.3) is 5.69 Å². The molecule has 0 saturated carbocycles. The second-order valence-corrected chi connectivity index (χ2v) is 7.15. The lowest BCUT2D eigenvalue weighted by Gasteiger charge is -2.26. The molecule has 0 unspecified atom stereocenters. The van der Waals surface area contributed by atoms with Crippen LogP contribution in [0.2, 0.25) is 0 Å². The molecule has 0 saturated heterocycles. The molecule has 138 valence electrons. The quantitative estimate of drug-likeness (QED) is 0.717. The van der Waals surface area contributed by atoms with E-state index in [1.807, 2.05) is 72.2 Å². The molecule has 1 aliphatic rings. The van der Waals surface area contributed by atoms with Crippen LogP contribution in [-0.2, 0) is 19.5 Å². The monoisotopic (exact) mass is 361 g/mol. The highest BCUT2D eigenvalue weighted by Gasteiger charge is 2.26. The van der Waals surface area contributed by atoms with Crippen LogP contribution < -0.4 is 0 Å². The molecule has 0 spiro atoms. The summed E-state index contributed by atoms with van der Waals surface area (Å²) in [6, 6.07) is 17.9. The molecule has 0 atom stereocenters. The van der Waals surface area contributed by atoms with Crippen LogP contribution in [-0.4, -0.2) is 51.3 Å². The normalized spacial score (nSPS) is 13.7. The van der Waals surface area contributed by atoms with Gasteiger partial charge in [0.2, 0.25) is 0 Å². The summed E-state index contributed by atoms with van der Waals surface area (Å²) < 4.78 is 1.88. The first-order valence-electron chi connectivity index (χ1n) is 9.13. The maximum absolute atomic E-state index is 13.0. The van der Waals surface area contributed by atoms with Crippen molar-refractivity contribution in [2.75, 3.05) is 20.6 Å². The van der Waals surface area contributed by atoms with Gasteiger partial charge in [-0.2, -0.15) is 0 Å². The van der Waals surface area contributed by atoms with Crippen molar-refractivity contribution >= 4 is 5.91 Å². The maximum Gasteiger partial charge on any atom is 0.254 e. The number of rotatable bonds is 4. The summed E-state index contributed by atoms with van der Waals surface area (Å²) in [6.07, 6.45) is 0.750. The zero-order valence-corrected chi connectivity index (χ0v) is 15.7. The van der Waals surface area contributed by atoms with Gasteiger partial charge < -0.3 is 9.80 Å². The highest BCUT2D eigenvalue weighted by atomic mass is 16.2. The Morgan fingerprint density at radius 3 is 2.70 bits per heavy atom. The summed E-state index contributed by atoms with van der Waals surface area (Å²) in [6.45, 7) is 1.99. The number of amides is 1. The van der Waals surface area contributed by atoms with Crippen molar-refractivity contribution in [1.29, 1.82) is 0 Å². The molecule has 0 N–H and O–H groups in total. The first-order valence-corrected chi connectivity index (χ1v) is 9.13. The number of hydrogen-bond donors (Lipinski definition) is 0. The second kappa shape index (κ2) is 7.32. The number of carbonyl (C=O) groups excluding carboxylic acids is 1. The second-order valence-electron chi connectivity index (χ2n) is 7.15. The lowest BCUT2D eigenvalue weighted by atomic mass is 10.1. The SMILES string of the molecule is CN(C)Cc1cccc(C(=O)N2CCc3c(nnn3-c3ccccc3)C2)c1. The van der Waals surface area contributed by atoms with Gasteiger partial charge in [0, 0.05) is 25.1 Å². The highest BCUT2D eigenvalue weighted by Crippen LogP contribution is 2.21. The Hall–Kier alpha value is -2.99. The molecule has 6 nitrogen and oxygen atoms in total. The minimum atomic E-state index is 0.0514. The Morgan fingerprint density at radius 1 is 1.11 bits per heavy atom. The van der Waals surface area contributed by atoms with Crippen molar-refractivity contribution in [3.05, 3.63) is 77.1 Å². The predicted octanol–water partition coefficient (Wildman–Crippen LogP) is 2.53. The molecule has 0 bridgehead atoms. The Bertz CT molecular complexity index is 948. The Morgan fingerprint density at radius 2 is 1.93 bits per heavy atom. The lowest BCUT2D eigenvalue weighted by Crippen LogP contribution is -2.36. The number of hydrogen-bond acceptors (Lipinski definition) is 4. The number of carbonyl (C=O) groups is 1. The van der Waals surface area contributed by atoms with Crippen LogP contribution in [0.3, 0.4) is 0 Å². The molecule has 27 heavy (non-hydrogen) atoms. The molecule has 2 aromatic carbocycles. The van der Waals surface area contributed by atoms with Gasteiger partial charge in [0.25, 0.3) is 5.91 Å². The van der Waals surface area contributed by atoms with E-state index < -0.39 is 0 Å². The van der Waals surface area contributed by atoms with Gasteiger partial charge in [-0.3, -0.25) is 4.79 Å². The van der Waals surface area contributed by atoms with E-state index in [-0.39, 0.29) is 5.91 Å². The first kappa shape index (κ1) is 17.4. The van der Waals surface area contributed by atoms with E-state index in [1.54, 1.807) is 0 Å². The molecule has 1 aliphatic heterocycles. The summed E-state index contributed by atoms with van der Waals surface area (Å²) in [7, 11) is 4.05. The topological polar surface area (TPSA) is 54.3 Å². The average molecular weight is 361 g/mol. The fraction of sp³-hybridized carbons (Fsp3) is 0.286. The minimum Gasteiger partial charge on any atom is -0.332 e. The molecule has 4 rings (SSSR count). The van der Waals surface area contributed by atoms with Gasteiger partial charge in [-0.15, -0.1) is 5.10 Å². The number of benzene rings is 2. The third-order valence-electron chi connectivity index (χ3n) is 4.76. The van der Waals surface area contributed by atoms with Crippen molar-refractivity contribution in [2.24, 2.45) is 0 Å². The van der Waals surface area contributed by atoms with E-state index >= 15 is 0 Å². The van der Waals surface area contributed by atoms with Gasteiger partial charge in [-0.1, -0.05) is 35.5 Å². The molecular formula is C21H23N5O. The Kier molecular flexibility index (Phi) is 4.73. The van der Waals surface area contributed by atoms with Gasteiger partial charge in [-0.25, -0.2) is 4.68 Å². The maximum atomic E-state index is 13.0. The van der Waals surface area contributed by atoms with E-state index in [4.69, 9.17) is 0 Å². The molecule has 1 amide bonds. The van der Waals surface area contributed by atoms with Crippen LogP contribution in [0, 0.1) is 0 Å². The van der Waals surface area contributed by atoms with E-state index in [9.17, 15) is 4.79 Å². The van der Waals surface area contributed by atoms with Crippen LogP contribution in [0.15, 0.2) is 54.6 Å². The standard InChI is InChI=1S/C21H23N5O/c1-24(2)14-16-7-6-8-17(13-16)21(27)25-12-11-20-19(15-25)22-23-26(20)18-9-4-3-5-10-18/h3-10,13H,11-12,14-15H2,1-2H3. The lowest BCUT2D eigenvalue weighted by molar-refractivity contribution is 0.0731. The van der Waals surface area contributed by atoms with Crippen LogP contribution in [0.5, 0.6) is 0 Å². The Balaban J connectivity index is 1.53. The van der Waals surface area contributed by atoms with Crippen molar-refractivity contribution in [3.63, 3.8) is 0 Å². The predicted molar refractivity (Wildman–Crippen MR) is 104 cm³/mol. The minimum absolute atomic E-state index is 0.0514. The Labute approximate surface area is 159 Å². The third-order valence-corrected chi connectivity index (χ3v) is 4.76. The fourth-order valence-corrected chi connectivity index (χ4v) is 3.51. The zero-order valence-electron chi connectivity index (χ0n) is 15.7. The van der Waals surface area contributed by atoms with E-state index in [1.165, 1.54) is 0 Å². The van der Waals surface area contributed by atoms with Crippen LogP contribution in [0.1, 0.15) is 27.3 Å². The summed E-state index contributed by atoms with van der Waals surface area (Å²) in [5.41, 5.74) is 4.84. The van der Waals surface area contributed by atoms with Crippen molar-refractivity contribution in [3.8, 4) is 5.69 Å². The van der Waals surface area contributed by atoms with Gasteiger partial charge >= 0.3 is 0 Å². The van der Waals surface area contributed by atoms with Gasteiger partial charge in [-0.05, 0) is 43.9 Å². The number of nitrogens with zero attached hydrogens (tertiary/aromatic N) is 5. The molecular weight excluding hydrogens is 338 g/mol. The highest BCUT2D eigenvalue weighted by molar-refractivity contribution is 5.94. The molecule has 3 aromatic rings. The van der Waals surface area contributed by atoms with E-state index in [0.29, 0.717) is 13.1 Å². The average Bonchev–Trinajstić information content (AvgIpc) is 3.11. The van der Waals surface area contributed by atoms with E-state index in [0.717, 1.165) is 41.2 Å². The van der Waals surface area contributed by atoms with Gasteiger partial charge in [0.15, 0.2) is 0 Å². The molecule has 6 heteroatoms. The summed E-state index contributed by atoms with van der Waals surface area (Å²) >= 11 is 0. The smallest absolute Gasteiger partial charge is 0.254 e. The third kappa shape index (κ3) is 3.61.